The molecule has 1 amide bonds. The Morgan fingerprint density at radius 2 is 1.77 bits per heavy atom. The van der Waals surface area contributed by atoms with E-state index in [1.54, 1.807) is 11.8 Å². The molecule has 134 valence electrons. The van der Waals surface area contributed by atoms with E-state index in [2.05, 4.69) is 66.2 Å². The zero-order valence-corrected chi connectivity index (χ0v) is 16.0. The third-order valence-electron chi connectivity index (χ3n) is 5.16. The van der Waals surface area contributed by atoms with Crippen LogP contribution in [-0.4, -0.2) is 34.2 Å². The SMILES string of the molecule is Cc1ccccc1Cn1cc(SCC(=O)N2CCCC2)c2ccccc21. The molecule has 0 atom stereocenters. The highest BCUT2D eigenvalue weighted by molar-refractivity contribution is 8.00. The number of hydrogen-bond acceptors (Lipinski definition) is 2. The van der Waals surface area contributed by atoms with Crippen molar-refractivity contribution in [1.29, 1.82) is 0 Å². The Bertz CT molecular complexity index is 925. The second kappa shape index (κ2) is 7.58. The number of carbonyl (C=O) groups is 1. The summed E-state index contributed by atoms with van der Waals surface area (Å²) in [5.74, 6) is 0.793. The van der Waals surface area contributed by atoms with E-state index in [4.69, 9.17) is 0 Å². The topological polar surface area (TPSA) is 25.2 Å². The summed E-state index contributed by atoms with van der Waals surface area (Å²) >= 11 is 1.67. The van der Waals surface area contributed by atoms with Gasteiger partial charge in [-0.2, -0.15) is 0 Å². The average Bonchev–Trinajstić information content (AvgIpc) is 3.31. The number of hydrogen-bond donors (Lipinski definition) is 0. The summed E-state index contributed by atoms with van der Waals surface area (Å²) in [4.78, 5) is 15.6. The van der Waals surface area contributed by atoms with Crippen LogP contribution in [-0.2, 0) is 11.3 Å². The van der Waals surface area contributed by atoms with Crippen molar-refractivity contribution in [3.05, 3.63) is 65.9 Å². The lowest BCUT2D eigenvalue weighted by Crippen LogP contribution is -2.29. The second-order valence-corrected chi connectivity index (χ2v) is 7.96. The highest BCUT2D eigenvalue weighted by Gasteiger charge is 2.19. The maximum Gasteiger partial charge on any atom is 0.232 e. The summed E-state index contributed by atoms with van der Waals surface area (Å²) in [6, 6.07) is 17.0. The van der Waals surface area contributed by atoms with E-state index in [1.807, 2.05) is 4.90 Å². The van der Waals surface area contributed by atoms with Crippen molar-refractivity contribution < 1.29 is 4.79 Å². The van der Waals surface area contributed by atoms with Gasteiger partial charge in [0, 0.05) is 41.6 Å². The Morgan fingerprint density at radius 1 is 1.04 bits per heavy atom. The van der Waals surface area contributed by atoms with Gasteiger partial charge in [0.15, 0.2) is 0 Å². The predicted octanol–water partition coefficient (Wildman–Crippen LogP) is 4.71. The second-order valence-electron chi connectivity index (χ2n) is 6.94. The molecule has 0 aliphatic carbocycles. The van der Waals surface area contributed by atoms with Crippen LogP contribution >= 0.6 is 11.8 Å². The van der Waals surface area contributed by atoms with Crippen molar-refractivity contribution in [3.8, 4) is 0 Å². The van der Waals surface area contributed by atoms with Gasteiger partial charge < -0.3 is 9.47 Å². The minimum Gasteiger partial charge on any atom is -0.342 e. The van der Waals surface area contributed by atoms with Gasteiger partial charge in [0.05, 0.1) is 5.75 Å². The van der Waals surface area contributed by atoms with E-state index in [0.29, 0.717) is 5.75 Å². The van der Waals surface area contributed by atoms with Crippen LogP contribution in [0.25, 0.3) is 10.9 Å². The molecule has 0 N–H and O–H groups in total. The van der Waals surface area contributed by atoms with Crippen molar-refractivity contribution in [2.45, 2.75) is 31.2 Å². The zero-order valence-electron chi connectivity index (χ0n) is 15.1. The standard InChI is InChI=1S/C22H24N2OS/c1-17-8-2-3-9-18(17)14-24-15-21(19-10-4-5-11-20(19)24)26-16-22(25)23-12-6-7-13-23/h2-5,8-11,15H,6-7,12-14,16H2,1H3. The maximum absolute atomic E-state index is 12.4. The van der Waals surface area contributed by atoms with E-state index in [-0.39, 0.29) is 5.91 Å². The van der Waals surface area contributed by atoms with Crippen LogP contribution in [0.5, 0.6) is 0 Å². The molecule has 0 unspecified atom stereocenters. The molecule has 0 saturated carbocycles. The lowest BCUT2D eigenvalue weighted by atomic mass is 10.1. The minimum atomic E-state index is 0.267. The Labute approximate surface area is 159 Å². The summed E-state index contributed by atoms with van der Waals surface area (Å²) in [5.41, 5.74) is 3.87. The Balaban J connectivity index is 1.57. The number of amides is 1. The van der Waals surface area contributed by atoms with Gasteiger partial charge in [0.2, 0.25) is 5.91 Å². The normalized spacial score (nSPS) is 14.3. The third kappa shape index (κ3) is 3.51. The fourth-order valence-electron chi connectivity index (χ4n) is 3.63. The predicted molar refractivity (Wildman–Crippen MR) is 109 cm³/mol. The van der Waals surface area contributed by atoms with Gasteiger partial charge in [-0.25, -0.2) is 0 Å². The molecule has 3 nitrogen and oxygen atoms in total. The molecule has 1 aliphatic rings. The van der Waals surface area contributed by atoms with E-state index >= 15 is 0 Å². The molecule has 1 aromatic heterocycles. The number of fused-ring (bicyclic) bond motifs is 1. The fourth-order valence-corrected chi connectivity index (χ4v) is 4.62. The number of likely N-dealkylation sites (tertiary alicyclic amines) is 1. The smallest absolute Gasteiger partial charge is 0.232 e. The molecule has 2 aromatic carbocycles. The first-order valence-electron chi connectivity index (χ1n) is 9.25. The lowest BCUT2D eigenvalue weighted by molar-refractivity contribution is -0.127. The summed E-state index contributed by atoms with van der Waals surface area (Å²) in [5, 5.41) is 1.24. The number of rotatable bonds is 5. The first kappa shape index (κ1) is 17.2. The summed E-state index contributed by atoms with van der Waals surface area (Å²) in [7, 11) is 0. The first-order valence-corrected chi connectivity index (χ1v) is 10.2. The van der Waals surface area contributed by atoms with Crippen LogP contribution in [0.15, 0.2) is 59.6 Å². The number of carbonyl (C=O) groups excluding carboxylic acids is 1. The van der Waals surface area contributed by atoms with E-state index in [0.717, 1.165) is 32.5 Å². The molecule has 2 heterocycles. The highest BCUT2D eigenvalue weighted by Crippen LogP contribution is 2.31. The van der Waals surface area contributed by atoms with Gasteiger partial charge >= 0.3 is 0 Å². The van der Waals surface area contributed by atoms with Gasteiger partial charge in [-0.15, -0.1) is 11.8 Å². The molecular formula is C22H24N2OS. The molecule has 1 fully saturated rings. The van der Waals surface area contributed by atoms with Gasteiger partial charge in [0.1, 0.15) is 0 Å². The molecule has 4 heteroatoms. The lowest BCUT2D eigenvalue weighted by Gasteiger charge is -2.14. The van der Waals surface area contributed by atoms with Crippen LogP contribution in [0.1, 0.15) is 24.0 Å². The number of para-hydroxylation sites is 1. The van der Waals surface area contributed by atoms with Crippen LogP contribution < -0.4 is 0 Å². The number of nitrogens with zero attached hydrogens (tertiary/aromatic N) is 2. The summed E-state index contributed by atoms with van der Waals surface area (Å²) < 4.78 is 2.31. The molecule has 26 heavy (non-hydrogen) atoms. The molecule has 4 rings (SSSR count). The summed E-state index contributed by atoms with van der Waals surface area (Å²) in [6.45, 7) is 4.86. The van der Waals surface area contributed by atoms with Crippen molar-refractivity contribution in [2.75, 3.05) is 18.8 Å². The number of aromatic nitrogens is 1. The van der Waals surface area contributed by atoms with Gasteiger partial charge in [-0.3, -0.25) is 4.79 Å². The van der Waals surface area contributed by atoms with Gasteiger partial charge in [-0.05, 0) is 37.0 Å². The Kier molecular flexibility index (Phi) is 5.02. The van der Waals surface area contributed by atoms with Crippen LogP contribution in [0, 0.1) is 6.92 Å². The zero-order chi connectivity index (χ0) is 17.9. The molecule has 1 aliphatic heterocycles. The van der Waals surface area contributed by atoms with E-state index < -0.39 is 0 Å². The first-order chi connectivity index (χ1) is 12.7. The molecule has 1 saturated heterocycles. The highest BCUT2D eigenvalue weighted by atomic mass is 32.2. The Hall–Kier alpha value is -2.20. The fraction of sp³-hybridized carbons (Fsp3) is 0.318. The summed E-state index contributed by atoms with van der Waals surface area (Å²) in [6.07, 6.45) is 4.50. The van der Waals surface area contributed by atoms with Gasteiger partial charge in [0.25, 0.3) is 0 Å². The van der Waals surface area contributed by atoms with Crippen LogP contribution in [0.4, 0.5) is 0 Å². The molecular weight excluding hydrogens is 340 g/mol. The van der Waals surface area contributed by atoms with Crippen molar-refractivity contribution in [2.24, 2.45) is 0 Å². The van der Waals surface area contributed by atoms with Crippen molar-refractivity contribution in [1.82, 2.24) is 9.47 Å². The average molecular weight is 365 g/mol. The quantitative estimate of drug-likeness (QED) is 0.613. The molecule has 0 spiro atoms. The molecule has 3 aromatic rings. The maximum atomic E-state index is 12.4. The monoisotopic (exact) mass is 364 g/mol. The minimum absolute atomic E-state index is 0.267. The largest absolute Gasteiger partial charge is 0.342 e. The molecule has 0 radical (unpaired) electrons. The van der Waals surface area contributed by atoms with E-state index in [1.165, 1.54) is 26.9 Å². The van der Waals surface area contributed by atoms with Crippen LogP contribution in [0.3, 0.4) is 0 Å². The molecule has 0 bridgehead atoms. The van der Waals surface area contributed by atoms with E-state index in [9.17, 15) is 4.79 Å². The number of benzene rings is 2. The third-order valence-corrected chi connectivity index (χ3v) is 6.19. The van der Waals surface area contributed by atoms with Gasteiger partial charge in [-0.1, -0.05) is 42.5 Å². The van der Waals surface area contributed by atoms with Crippen molar-refractivity contribution >= 4 is 28.6 Å². The Morgan fingerprint density at radius 3 is 2.58 bits per heavy atom. The number of aryl methyl sites for hydroxylation is 1. The van der Waals surface area contributed by atoms with Crippen LogP contribution in [0.2, 0.25) is 0 Å². The number of thioether (sulfide) groups is 1. The van der Waals surface area contributed by atoms with Crippen molar-refractivity contribution in [3.63, 3.8) is 0 Å².